The number of nitrogens with one attached hydrogen (secondary N) is 1. The first-order valence-electron chi connectivity index (χ1n) is 7.52. The summed E-state index contributed by atoms with van der Waals surface area (Å²) in [7, 11) is 0. The highest BCUT2D eigenvalue weighted by molar-refractivity contribution is 5.89. The number of rotatable bonds is 3. The molecule has 2 aromatic rings. The molecule has 116 valence electrons. The van der Waals surface area contributed by atoms with Gasteiger partial charge in [-0.2, -0.15) is 0 Å². The van der Waals surface area contributed by atoms with E-state index in [1.54, 1.807) is 4.90 Å². The maximum Gasteiger partial charge on any atom is 0.242 e. The SMILES string of the molecule is CC(C)C1(C)C(=O)NC(c2ccc3ccccc3n2)N1CO. The van der Waals surface area contributed by atoms with Crippen molar-refractivity contribution in [2.24, 2.45) is 5.92 Å². The minimum absolute atomic E-state index is 0.0727. The Kier molecular flexibility index (Phi) is 3.62. The molecule has 1 aliphatic rings. The van der Waals surface area contributed by atoms with Gasteiger partial charge in [0, 0.05) is 5.39 Å². The number of aromatic nitrogens is 1. The second kappa shape index (κ2) is 5.34. The van der Waals surface area contributed by atoms with E-state index in [1.165, 1.54) is 0 Å². The molecule has 3 rings (SSSR count). The molecule has 1 fully saturated rings. The van der Waals surface area contributed by atoms with Crippen LogP contribution in [0.1, 0.15) is 32.6 Å². The number of aliphatic hydroxyl groups is 1. The van der Waals surface area contributed by atoms with Crippen LogP contribution in [0.4, 0.5) is 0 Å². The number of benzene rings is 1. The van der Waals surface area contributed by atoms with Crippen molar-refractivity contribution in [1.82, 2.24) is 15.2 Å². The van der Waals surface area contributed by atoms with Gasteiger partial charge in [0.2, 0.25) is 5.91 Å². The Morgan fingerprint density at radius 1 is 1.32 bits per heavy atom. The Labute approximate surface area is 130 Å². The van der Waals surface area contributed by atoms with Gasteiger partial charge in [-0.3, -0.25) is 4.79 Å². The summed E-state index contributed by atoms with van der Waals surface area (Å²) in [5, 5.41) is 13.8. The third kappa shape index (κ3) is 2.09. The van der Waals surface area contributed by atoms with Crippen LogP contribution in [0, 0.1) is 5.92 Å². The van der Waals surface area contributed by atoms with Crippen molar-refractivity contribution in [2.75, 3.05) is 6.73 Å². The quantitative estimate of drug-likeness (QED) is 0.910. The summed E-state index contributed by atoms with van der Waals surface area (Å²) < 4.78 is 0. The van der Waals surface area contributed by atoms with Crippen LogP contribution in [0.2, 0.25) is 0 Å². The van der Waals surface area contributed by atoms with Crippen LogP contribution in [0.15, 0.2) is 36.4 Å². The molecule has 0 spiro atoms. The average Bonchev–Trinajstić information content (AvgIpc) is 2.79. The lowest BCUT2D eigenvalue weighted by molar-refractivity contribution is -0.129. The number of amides is 1. The van der Waals surface area contributed by atoms with Gasteiger partial charge in [-0.05, 0) is 25.0 Å². The van der Waals surface area contributed by atoms with Gasteiger partial charge in [0.15, 0.2) is 0 Å². The molecule has 1 aliphatic heterocycles. The number of pyridine rings is 1. The number of carbonyl (C=O) groups is 1. The molecule has 1 aromatic carbocycles. The summed E-state index contributed by atoms with van der Waals surface area (Å²) >= 11 is 0. The molecule has 0 bridgehead atoms. The minimum atomic E-state index is -0.743. The van der Waals surface area contributed by atoms with Crippen LogP contribution < -0.4 is 5.32 Å². The monoisotopic (exact) mass is 299 g/mol. The van der Waals surface area contributed by atoms with E-state index in [9.17, 15) is 9.90 Å². The maximum absolute atomic E-state index is 12.5. The number of nitrogens with zero attached hydrogens (tertiary/aromatic N) is 2. The van der Waals surface area contributed by atoms with Crippen LogP contribution in [0.25, 0.3) is 10.9 Å². The third-order valence-electron chi connectivity index (χ3n) is 4.81. The van der Waals surface area contributed by atoms with Crippen LogP contribution in [0.3, 0.4) is 0 Å². The van der Waals surface area contributed by atoms with E-state index in [0.29, 0.717) is 0 Å². The van der Waals surface area contributed by atoms with E-state index in [1.807, 2.05) is 57.2 Å². The Balaban J connectivity index is 2.04. The molecule has 5 heteroatoms. The molecule has 1 saturated heterocycles. The first-order chi connectivity index (χ1) is 10.5. The fourth-order valence-electron chi connectivity index (χ4n) is 3.04. The van der Waals surface area contributed by atoms with Crippen LogP contribution in [-0.2, 0) is 4.79 Å². The zero-order valence-corrected chi connectivity index (χ0v) is 13.1. The second-order valence-corrected chi connectivity index (χ2v) is 6.22. The predicted molar refractivity (Wildman–Crippen MR) is 84.8 cm³/mol. The summed E-state index contributed by atoms with van der Waals surface area (Å²) in [5.41, 5.74) is 0.878. The van der Waals surface area contributed by atoms with Gasteiger partial charge in [0.25, 0.3) is 0 Å². The summed E-state index contributed by atoms with van der Waals surface area (Å²) in [4.78, 5) is 18.9. The maximum atomic E-state index is 12.5. The zero-order valence-electron chi connectivity index (χ0n) is 13.1. The van der Waals surface area contributed by atoms with Gasteiger partial charge < -0.3 is 10.4 Å². The topological polar surface area (TPSA) is 65.5 Å². The van der Waals surface area contributed by atoms with E-state index in [0.717, 1.165) is 16.6 Å². The molecular weight excluding hydrogens is 278 g/mol. The lowest BCUT2D eigenvalue weighted by atomic mass is 9.87. The van der Waals surface area contributed by atoms with Gasteiger partial charge in [-0.15, -0.1) is 0 Å². The summed E-state index contributed by atoms with van der Waals surface area (Å²) in [6.07, 6.45) is -0.408. The van der Waals surface area contributed by atoms with Gasteiger partial charge in [0.1, 0.15) is 11.7 Å². The minimum Gasteiger partial charge on any atom is -0.381 e. The molecule has 0 radical (unpaired) electrons. The number of hydrogen-bond donors (Lipinski definition) is 2. The fourth-order valence-corrected chi connectivity index (χ4v) is 3.04. The number of aliphatic hydroxyl groups excluding tert-OH is 1. The lowest BCUT2D eigenvalue weighted by Gasteiger charge is -2.36. The lowest BCUT2D eigenvalue weighted by Crippen LogP contribution is -2.51. The molecule has 0 aliphatic carbocycles. The highest BCUT2D eigenvalue weighted by Crippen LogP contribution is 2.37. The molecule has 2 N–H and O–H groups in total. The van der Waals surface area contributed by atoms with Crippen LogP contribution >= 0.6 is 0 Å². The number of para-hydroxylation sites is 1. The Hall–Kier alpha value is -1.98. The highest BCUT2D eigenvalue weighted by atomic mass is 16.3. The standard InChI is InChI=1S/C17H21N3O2/c1-11(2)17(3)16(22)19-15(20(17)10-21)14-9-8-12-6-4-5-7-13(12)18-14/h4-9,11,15,21H,10H2,1-3H3,(H,19,22). The van der Waals surface area contributed by atoms with Gasteiger partial charge in [0.05, 0.1) is 17.9 Å². The first-order valence-corrected chi connectivity index (χ1v) is 7.52. The van der Waals surface area contributed by atoms with E-state index >= 15 is 0 Å². The molecule has 2 atom stereocenters. The average molecular weight is 299 g/mol. The molecule has 1 amide bonds. The van der Waals surface area contributed by atoms with Crippen LogP contribution in [0.5, 0.6) is 0 Å². The fraction of sp³-hybridized carbons (Fsp3) is 0.412. The highest BCUT2D eigenvalue weighted by Gasteiger charge is 2.52. The van der Waals surface area contributed by atoms with Gasteiger partial charge in [-0.25, -0.2) is 9.88 Å². The van der Waals surface area contributed by atoms with Crippen molar-refractivity contribution < 1.29 is 9.90 Å². The van der Waals surface area contributed by atoms with E-state index in [4.69, 9.17) is 0 Å². The third-order valence-corrected chi connectivity index (χ3v) is 4.81. The summed E-state index contributed by atoms with van der Waals surface area (Å²) in [5.74, 6) is 0.00150. The molecule has 0 saturated carbocycles. The van der Waals surface area contributed by atoms with Crippen molar-refractivity contribution in [3.63, 3.8) is 0 Å². The number of carbonyl (C=O) groups excluding carboxylic acids is 1. The molecule has 2 unspecified atom stereocenters. The van der Waals surface area contributed by atoms with Crippen molar-refractivity contribution in [2.45, 2.75) is 32.5 Å². The van der Waals surface area contributed by atoms with Crippen LogP contribution in [-0.4, -0.2) is 33.2 Å². The van der Waals surface area contributed by atoms with Gasteiger partial charge in [-0.1, -0.05) is 38.1 Å². The second-order valence-electron chi connectivity index (χ2n) is 6.22. The molecule has 22 heavy (non-hydrogen) atoms. The smallest absolute Gasteiger partial charge is 0.242 e. The summed E-state index contributed by atoms with van der Waals surface area (Å²) in [6.45, 7) is 5.63. The van der Waals surface area contributed by atoms with E-state index in [2.05, 4.69) is 10.3 Å². The number of hydrogen-bond acceptors (Lipinski definition) is 4. The normalized spacial score (nSPS) is 25.9. The largest absolute Gasteiger partial charge is 0.381 e. The predicted octanol–water partition coefficient (Wildman–Crippen LogP) is 2.03. The molecule has 1 aromatic heterocycles. The van der Waals surface area contributed by atoms with E-state index in [-0.39, 0.29) is 18.6 Å². The zero-order chi connectivity index (χ0) is 15.9. The Morgan fingerprint density at radius 2 is 2.05 bits per heavy atom. The van der Waals surface area contributed by atoms with Gasteiger partial charge >= 0.3 is 0 Å². The Bertz CT molecular complexity index is 716. The molecular formula is C17H21N3O2. The van der Waals surface area contributed by atoms with Crippen molar-refractivity contribution in [3.05, 3.63) is 42.1 Å². The Morgan fingerprint density at radius 3 is 2.73 bits per heavy atom. The molecule has 5 nitrogen and oxygen atoms in total. The van der Waals surface area contributed by atoms with E-state index < -0.39 is 11.7 Å². The number of fused-ring (bicyclic) bond motifs is 1. The first kappa shape index (κ1) is 14.9. The van der Waals surface area contributed by atoms with Crippen molar-refractivity contribution in [1.29, 1.82) is 0 Å². The van der Waals surface area contributed by atoms with Crippen molar-refractivity contribution >= 4 is 16.8 Å². The summed E-state index contributed by atoms with van der Waals surface area (Å²) in [6, 6.07) is 11.7. The van der Waals surface area contributed by atoms with Crippen molar-refractivity contribution in [3.8, 4) is 0 Å². The molecule has 2 heterocycles.